The molecular formula is C7H7F3N2. The SMILES string of the molecule is FC(F)(F)c1cn[nH]c1C1CC1. The summed E-state index contributed by atoms with van der Waals surface area (Å²) in [6.07, 6.45) is -1.73. The van der Waals surface area contributed by atoms with E-state index in [1.54, 1.807) is 0 Å². The quantitative estimate of drug-likeness (QED) is 0.698. The van der Waals surface area contributed by atoms with Crippen molar-refractivity contribution in [1.29, 1.82) is 0 Å². The Hall–Kier alpha value is -1.00. The highest BCUT2D eigenvalue weighted by Crippen LogP contribution is 2.44. The van der Waals surface area contributed by atoms with Crippen LogP contribution >= 0.6 is 0 Å². The van der Waals surface area contributed by atoms with Crippen LogP contribution < -0.4 is 0 Å². The third kappa shape index (κ3) is 1.19. The van der Waals surface area contributed by atoms with Crippen LogP contribution in [0.1, 0.15) is 30.0 Å². The maximum atomic E-state index is 12.2. The normalized spacial score (nSPS) is 18.2. The number of H-pyrrole nitrogens is 1. The van der Waals surface area contributed by atoms with Crippen LogP contribution in [0.3, 0.4) is 0 Å². The average molecular weight is 176 g/mol. The van der Waals surface area contributed by atoms with E-state index in [-0.39, 0.29) is 11.6 Å². The highest BCUT2D eigenvalue weighted by Gasteiger charge is 2.39. The predicted octanol–water partition coefficient (Wildman–Crippen LogP) is 2.31. The van der Waals surface area contributed by atoms with Gasteiger partial charge in [-0.2, -0.15) is 18.3 Å². The second kappa shape index (κ2) is 2.24. The van der Waals surface area contributed by atoms with Gasteiger partial charge in [-0.25, -0.2) is 0 Å². The summed E-state index contributed by atoms with van der Waals surface area (Å²) in [5.41, 5.74) is -0.354. The number of rotatable bonds is 1. The third-order valence-electron chi connectivity index (χ3n) is 1.96. The zero-order chi connectivity index (χ0) is 8.77. The topological polar surface area (TPSA) is 28.7 Å². The Morgan fingerprint density at radius 3 is 2.58 bits per heavy atom. The molecule has 12 heavy (non-hydrogen) atoms. The highest BCUT2D eigenvalue weighted by atomic mass is 19.4. The van der Waals surface area contributed by atoms with E-state index in [4.69, 9.17) is 0 Å². The minimum atomic E-state index is -4.26. The van der Waals surface area contributed by atoms with Gasteiger partial charge in [-0.15, -0.1) is 0 Å². The summed E-state index contributed by atoms with van der Waals surface area (Å²) >= 11 is 0. The van der Waals surface area contributed by atoms with Gasteiger partial charge in [-0.3, -0.25) is 5.10 Å². The summed E-state index contributed by atoms with van der Waals surface area (Å²) in [6, 6.07) is 0. The minimum absolute atomic E-state index is 0.0594. The molecule has 0 saturated heterocycles. The van der Waals surface area contributed by atoms with Gasteiger partial charge in [0, 0.05) is 5.92 Å². The summed E-state index contributed by atoms with van der Waals surface area (Å²) in [5, 5.41) is 5.81. The van der Waals surface area contributed by atoms with Gasteiger partial charge < -0.3 is 0 Å². The highest BCUT2D eigenvalue weighted by molar-refractivity contribution is 5.26. The Labute approximate surface area is 66.8 Å². The first kappa shape index (κ1) is 7.64. The Kier molecular flexibility index (Phi) is 1.43. The molecule has 66 valence electrons. The molecule has 1 heterocycles. The van der Waals surface area contributed by atoms with Crippen LogP contribution in [-0.2, 0) is 6.18 Å². The molecule has 0 amide bonds. The Bertz CT molecular complexity index is 285. The summed E-state index contributed by atoms with van der Waals surface area (Å²) in [7, 11) is 0. The molecular weight excluding hydrogens is 169 g/mol. The lowest BCUT2D eigenvalue weighted by molar-refractivity contribution is -0.138. The summed E-state index contributed by atoms with van der Waals surface area (Å²) in [4.78, 5) is 0. The number of halogens is 3. The molecule has 0 spiro atoms. The number of nitrogens with zero attached hydrogens (tertiary/aromatic N) is 1. The standard InChI is InChI=1S/C7H7F3N2/c8-7(9,10)5-3-11-12-6(5)4-1-2-4/h3-4H,1-2H2,(H,11,12). The van der Waals surface area contributed by atoms with E-state index in [0.717, 1.165) is 19.0 Å². The lowest BCUT2D eigenvalue weighted by atomic mass is 10.2. The van der Waals surface area contributed by atoms with E-state index in [2.05, 4.69) is 10.2 Å². The van der Waals surface area contributed by atoms with Crippen molar-refractivity contribution in [3.8, 4) is 0 Å². The van der Waals surface area contributed by atoms with Crippen molar-refractivity contribution in [3.05, 3.63) is 17.5 Å². The van der Waals surface area contributed by atoms with E-state index in [9.17, 15) is 13.2 Å². The number of aromatic amines is 1. The van der Waals surface area contributed by atoms with Gasteiger partial charge in [-0.1, -0.05) is 0 Å². The molecule has 0 unspecified atom stereocenters. The molecule has 1 N–H and O–H groups in total. The predicted molar refractivity (Wildman–Crippen MR) is 35.6 cm³/mol. The first-order chi connectivity index (χ1) is 5.59. The third-order valence-corrected chi connectivity index (χ3v) is 1.96. The fourth-order valence-electron chi connectivity index (χ4n) is 1.21. The van der Waals surface area contributed by atoms with Gasteiger partial charge in [0.15, 0.2) is 0 Å². The smallest absolute Gasteiger partial charge is 0.282 e. The molecule has 0 aromatic carbocycles. The zero-order valence-electron chi connectivity index (χ0n) is 6.15. The van der Waals surface area contributed by atoms with Crippen LogP contribution in [0.15, 0.2) is 6.20 Å². The Morgan fingerprint density at radius 2 is 2.08 bits per heavy atom. The van der Waals surface area contributed by atoms with Crippen molar-refractivity contribution >= 4 is 0 Å². The van der Waals surface area contributed by atoms with Crippen molar-refractivity contribution in [2.75, 3.05) is 0 Å². The van der Waals surface area contributed by atoms with Crippen molar-refractivity contribution < 1.29 is 13.2 Å². The van der Waals surface area contributed by atoms with Crippen LogP contribution in [0.5, 0.6) is 0 Å². The van der Waals surface area contributed by atoms with Gasteiger partial charge in [0.25, 0.3) is 0 Å². The number of hydrogen-bond donors (Lipinski definition) is 1. The van der Waals surface area contributed by atoms with E-state index in [1.807, 2.05) is 0 Å². The minimum Gasteiger partial charge on any atom is -0.282 e. The van der Waals surface area contributed by atoms with Crippen LogP contribution in [0.2, 0.25) is 0 Å². The molecule has 0 atom stereocenters. The van der Waals surface area contributed by atoms with E-state index < -0.39 is 11.7 Å². The second-order valence-electron chi connectivity index (χ2n) is 2.97. The average Bonchev–Trinajstić information content (AvgIpc) is 2.65. The van der Waals surface area contributed by atoms with Crippen LogP contribution in [0.4, 0.5) is 13.2 Å². The summed E-state index contributed by atoms with van der Waals surface area (Å²) in [6.45, 7) is 0. The van der Waals surface area contributed by atoms with Crippen molar-refractivity contribution in [1.82, 2.24) is 10.2 Å². The second-order valence-corrected chi connectivity index (χ2v) is 2.97. The number of aromatic nitrogens is 2. The van der Waals surface area contributed by atoms with Crippen LogP contribution in [-0.4, -0.2) is 10.2 Å². The van der Waals surface area contributed by atoms with E-state index >= 15 is 0 Å². The molecule has 1 aliphatic carbocycles. The molecule has 1 saturated carbocycles. The van der Waals surface area contributed by atoms with E-state index in [0.29, 0.717) is 0 Å². The number of nitrogens with one attached hydrogen (secondary N) is 1. The maximum absolute atomic E-state index is 12.2. The largest absolute Gasteiger partial charge is 0.419 e. The van der Waals surface area contributed by atoms with Gasteiger partial charge in [0.05, 0.1) is 17.5 Å². The molecule has 1 aromatic heterocycles. The monoisotopic (exact) mass is 176 g/mol. The molecule has 0 aliphatic heterocycles. The van der Waals surface area contributed by atoms with Crippen molar-refractivity contribution in [2.45, 2.75) is 24.9 Å². The number of hydrogen-bond acceptors (Lipinski definition) is 1. The molecule has 0 radical (unpaired) electrons. The van der Waals surface area contributed by atoms with Gasteiger partial charge in [0.1, 0.15) is 0 Å². The lowest BCUT2D eigenvalue weighted by Gasteiger charge is -2.04. The molecule has 1 fully saturated rings. The summed E-state index contributed by atoms with van der Waals surface area (Å²) in [5.74, 6) is 0.0594. The fraction of sp³-hybridized carbons (Fsp3) is 0.571. The first-order valence-corrected chi connectivity index (χ1v) is 3.69. The lowest BCUT2D eigenvalue weighted by Crippen LogP contribution is -2.06. The van der Waals surface area contributed by atoms with E-state index in [1.165, 1.54) is 0 Å². The van der Waals surface area contributed by atoms with Gasteiger partial charge in [-0.05, 0) is 12.8 Å². The van der Waals surface area contributed by atoms with Crippen LogP contribution in [0, 0.1) is 0 Å². The van der Waals surface area contributed by atoms with Crippen molar-refractivity contribution in [2.24, 2.45) is 0 Å². The van der Waals surface area contributed by atoms with Crippen molar-refractivity contribution in [3.63, 3.8) is 0 Å². The first-order valence-electron chi connectivity index (χ1n) is 3.69. The molecule has 1 aliphatic rings. The molecule has 1 aromatic rings. The molecule has 2 nitrogen and oxygen atoms in total. The fourth-order valence-corrected chi connectivity index (χ4v) is 1.21. The molecule has 5 heteroatoms. The maximum Gasteiger partial charge on any atom is 0.419 e. The molecule has 0 bridgehead atoms. The number of alkyl halides is 3. The van der Waals surface area contributed by atoms with Gasteiger partial charge >= 0.3 is 6.18 Å². The zero-order valence-corrected chi connectivity index (χ0v) is 6.15. The summed E-state index contributed by atoms with van der Waals surface area (Å²) < 4.78 is 36.6. The van der Waals surface area contributed by atoms with Gasteiger partial charge in [0.2, 0.25) is 0 Å². The Morgan fingerprint density at radius 1 is 1.42 bits per heavy atom. The molecule has 2 rings (SSSR count). The van der Waals surface area contributed by atoms with Crippen LogP contribution in [0.25, 0.3) is 0 Å². The Balaban J connectivity index is 2.36.